The van der Waals surface area contributed by atoms with Gasteiger partial charge in [0, 0.05) is 12.5 Å². The summed E-state index contributed by atoms with van der Waals surface area (Å²) in [5, 5.41) is 3.19. The molecule has 1 N–H and O–H groups in total. The molecule has 0 spiro atoms. The van der Waals surface area contributed by atoms with E-state index in [2.05, 4.69) is 23.1 Å². The van der Waals surface area contributed by atoms with Gasteiger partial charge in [-0.15, -0.1) is 0 Å². The molecule has 0 amide bonds. The zero-order valence-corrected chi connectivity index (χ0v) is 7.35. The molecule has 0 radical (unpaired) electrons. The van der Waals surface area contributed by atoms with Gasteiger partial charge in [0.1, 0.15) is 0 Å². The third kappa shape index (κ3) is 2.18. The Morgan fingerprint density at radius 3 is 3.00 bits per heavy atom. The molecule has 0 bridgehead atoms. The van der Waals surface area contributed by atoms with Crippen LogP contribution in [0.25, 0.3) is 0 Å². The zero-order chi connectivity index (χ0) is 8.10. The molecule has 0 aromatic heterocycles. The van der Waals surface area contributed by atoms with Gasteiger partial charge >= 0.3 is 0 Å². The molecule has 2 nitrogen and oxygen atoms in total. The van der Waals surface area contributed by atoms with Crippen LogP contribution < -0.4 is 5.32 Å². The lowest BCUT2D eigenvalue weighted by Crippen LogP contribution is -2.19. The average Bonchev–Trinajstić information content (AvgIpc) is 2.52. The monoisotopic (exact) mass is 152 g/mol. The fraction of sp³-hybridized carbons (Fsp3) is 0.778. The van der Waals surface area contributed by atoms with Gasteiger partial charge in [0.15, 0.2) is 0 Å². The molecule has 11 heavy (non-hydrogen) atoms. The van der Waals surface area contributed by atoms with Crippen LogP contribution in [0.1, 0.15) is 19.8 Å². The van der Waals surface area contributed by atoms with Crippen LogP contribution in [0.15, 0.2) is 10.6 Å². The summed E-state index contributed by atoms with van der Waals surface area (Å²) >= 11 is 0. The summed E-state index contributed by atoms with van der Waals surface area (Å²) in [6.07, 6.45) is 2.32. The van der Waals surface area contributed by atoms with E-state index in [4.69, 9.17) is 0 Å². The van der Waals surface area contributed by atoms with Crippen LogP contribution in [0.4, 0.5) is 0 Å². The first-order valence-corrected chi connectivity index (χ1v) is 4.31. The molecule has 1 aliphatic heterocycles. The second-order valence-corrected chi connectivity index (χ2v) is 2.93. The Labute approximate surface area is 68.4 Å². The molecule has 1 heterocycles. The van der Waals surface area contributed by atoms with Gasteiger partial charge in [0.05, 0.1) is 6.54 Å². The maximum atomic E-state index is 4.10. The lowest BCUT2D eigenvalue weighted by molar-refractivity contribution is 0.545. The van der Waals surface area contributed by atoms with E-state index in [9.17, 15) is 0 Å². The van der Waals surface area contributed by atoms with Gasteiger partial charge in [0.25, 0.3) is 0 Å². The molecule has 0 aliphatic carbocycles. The second-order valence-electron chi connectivity index (χ2n) is 2.93. The Balaban J connectivity index is 2.47. The lowest BCUT2D eigenvalue weighted by atomic mass is 9.96. The van der Waals surface area contributed by atoms with E-state index in [0.29, 0.717) is 5.92 Å². The van der Waals surface area contributed by atoms with E-state index in [1.807, 2.05) is 7.05 Å². The van der Waals surface area contributed by atoms with Gasteiger partial charge in [-0.25, -0.2) is 4.99 Å². The van der Waals surface area contributed by atoms with Crippen molar-refractivity contribution in [2.24, 2.45) is 10.9 Å². The molecule has 2 heteroatoms. The van der Waals surface area contributed by atoms with Crippen LogP contribution >= 0.6 is 0 Å². The van der Waals surface area contributed by atoms with Crippen molar-refractivity contribution in [2.45, 2.75) is 19.8 Å². The first-order chi connectivity index (χ1) is 5.38. The molecule has 0 aromatic carbocycles. The number of hydrogen-bond donors (Lipinski definition) is 1. The molecule has 0 aromatic rings. The second kappa shape index (κ2) is 4.32. The van der Waals surface area contributed by atoms with Gasteiger partial charge in [-0.1, -0.05) is 6.92 Å². The molecular weight excluding hydrogens is 136 g/mol. The van der Waals surface area contributed by atoms with Crippen LogP contribution in [0.2, 0.25) is 0 Å². The van der Waals surface area contributed by atoms with Crippen LogP contribution in [-0.4, -0.2) is 26.0 Å². The zero-order valence-electron chi connectivity index (χ0n) is 7.35. The van der Waals surface area contributed by atoms with E-state index in [-0.39, 0.29) is 0 Å². The molecule has 1 atom stereocenters. The van der Waals surface area contributed by atoms with E-state index in [0.717, 1.165) is 19.5 Å². The van der Waals surface area contributed by atoms with Gasteiger partial charge < -0.3 is 5.32 Å². The van der Waals surface area contributed by atoms with Crippen molar-refractivity contribution in [3.63, 3.8) is 0 Å². The van der Waals surface area contributed by atoms with Crippen LogP contribution in [-0.2, 0) is 0 Å². The van der Waals surface area contributed by atoms with Crippen LogP contribution in [0.3, 0.4) is 0 Å². The fourth-order valence-electron chi connectivity index (χ4n) is 1.45. The van der Waals surface area contributed by atoms with Crippen LogP contribution in [0.5, 0.6) is 0 Å². The normalized spacial score (nSPS) is 18.5. The van der Waals surface area contributed by atoms with E-state index < -0.39 is 0 Å². The number of nitrogens with zero attached hydrogens (tertiary/aromatic N) is 1. The Bertz CT molecular complexity index is 178. The van der Waals surface area contributed by atoms with Gasteiger partial charge in [-0.3, -0.25) is 0 Å². The van der Waals surface area contributed by atoms with Crippen molar-refractivity contribution >= 4 is 5.87 Å². The predicted molar refractivity (Wildman–Crippen MR) is 48.1 cm³/mol. The largest absolute Gasteiger partial charge is 0.319 e. The molecule has 1 aliphatic rings. The van der Waals surface area contributed by atoms with E-state index in [1.54, 1.807) is 0 Å². The van der Waals surface area contributed by atoms with Gasteiger partial charge in [0.2, 0.25) is 0 Å². The predicted octanol–water partition coefficient (Wildman–Crippen LogP) is 1.23. The van der Waals surface area contributed by atoms with Crippen molar-refractivity contribution in [3.8, 4) is 0 Å². The highest BCUT2D eigenvalue weighted by molar-refractivity contribution is 5.61. The average molecular weight is 152 g/mol. The van der Waals surface area contributed by atoms with Crippen molar-refractivity contribution in [3.05, 3.63) is 5.57 Å². The Kier molecular flexibility index (Phi) is 3.34. The summed E-state index contributed by atoms with van der Waals surface area (Å²) in [4.78, 5) is 4.10. The molecule has 62 valence electrons. The molecule has 1 unspecified atom stereocenters. The molecular formula is C9H16N2. The smallest absolute Gasteiger partial charge is 0.0527 e. The molecule has 1 rings (SSSR count). The third-order valence-corrected chi connectivity index (χ3v) is 2.15. The summed E-state index contributed by atoms with van der Waals surface area (Å²) in [6.45, 7) is 4.24. The third-order valence-electron chi connectivity index (χ3n) is 2.15. The Morgan fingerprint density at radius 2 is 2.55 bits per heavy atom. The molecule has 0 saturated carbocycles. The van der Waals surface area contributed by atoms with Crippen molar-refractivity contribution in [1.29, 1.82) is 0 Å². The Morgan fingerprint density at radius 1 is 1.73 bits per heavy atom. The summed E-state index contributed by atoms with van der Waals surface area (Å²) < 4.78 is 0. The van der Waals surface area contributed by atoms with E-state index in [1.165, 1.54) is 12.0 Å². The highest BCUT2D eigenvalue weighted by atomic mass is 14.8. The minimum atomic E-state index is 0.659. The van der Waals surface area contributed by atoms with Crippen molar-refractivity contribution < 1.29 is 0 Å². The Hall–Kier alpha value is -0.590. The first-order valence-electron chi connectivity index (χ1n) is 4.31. The minimum absolute atomic E-state index is 0.659. The highest BCUT2D eigenvalue weighted by Crippen LogP contribution is 2.17. The fourth-order valence-corrected chi connectivity index (χ4v) is 1.45. The first kappa shape index (κ1) is 8.51. The molecule has 0 fully saturated rings. The topological polar surface area (TPSA) is 24.4 Å². The van der Waals surface area contributed by atoms with Crippen LogP contribution in [0, 0.1) is 5.92 Å². The summed E-state index contributed by atoms with van der Waals surface area (Å²) in [7, 11) is 2.00. The molecule has 0 saturated heterocycles. The van der Waals surface area contributed by atoms with Crippen molar-refractivity contribution in [1.82, 2.24) is 5.32 Å². The minimum Gasteiger partial charge on any atom is -0.319 e. The maximum absolute atomic E-state index is 4.10. The standard InChI is InChI=1S/C9H16N2/c1-3-8(6-10-2)9-4-5-11-7-9/h8,10H,3-6H2,1-2H3. The number of rotatable bonds is 4. The number of hydrogen-bond acceptors (Lipinski definition) is 2. The van der Waals surface area contributed by atoms with Crippen molar-refractivity contribution in [2.75, 3.05) is 20.1 Å². The summed E-state index contributed by atoms with van der Waals surface area (Å²) in [6, 6.07) is 0. The maximum Gasteiger partial charge on any atom is 0.0527 e. The summed E-state index contributed by atoms with van der Waals surface area (Å²) in [5.41, 5.74) is 1.40. The van der Waals surface area contributed by atoms with Gasteiger partial charge in [-0.2, -0.15) is 0 Å². The number of aliphatic imine (C=N–C) groups is 1. The SMILES string of the molecule is CCC(CNC)C1=C=NCC1. The summed E-state index contributed by atoms with van der Waals surface area (Å²) in [5.74, 6) is 3.75. The highest BCUT2D eigenvalue weighted by Gasteiger charge is 2.13. The number of nitrogens with one attached hydrogen (secondary N) is 1. The van der Waals surface area contributed by atoms with Gasteiger partial charge in [-0.05, 0) is 31.3 Å². The van der Waals surface area contributed by atoms with E-state index >= 15 is 0 Å². The quantitative estimate of drug-likeness (QED) is 0.644. The lowest BCUT2D eigenvalue weighted by Gasteiger charge is -2.13.